The van der Waals surface area contributed by atoms with Crippen molar-refractivity contribution in [3.63, 3.8) is 0 Å². The molecule has 21 heavy (non-hydrogen) atoms. The molecule has 2 fully saturated rings. The molecular formula is C13H23N3O4S. The van der Waals surface area contributed by atoms with Gasteiger partial charge in [0, 0.05) is 32.6 Å². The monoisotopic (exact) mass is 317 g/mol. The van der Waals surface area contributed by atoms with Gasteiger partial charge in [0.15, 0.2) is 0 Å². The van der Waals surface area contributed by atoms with Crippen LogP contribution in [0.1, 0.15) is 32.6 Å². The van der Waals surface area contributed by atoms with Gasteiger partial charge in [-0.2, -0.15) is 4.31 Å². The van der Waals surface area contributed by atoms with E-state index in [2.05, 4.69) is 5.32 Å². The van der Waals surface area contributed by atoms with Gasteiger partial charge in [-0.25, -0.2) is 8.42 Å². The maximum atomic E-state index is 12.3. The first kappa shape index (κ1) is 16.2. The molecule has 2 amide bonds. The van der Waals surface area contributed by atoms with Gasteiger partial charge >= 0.3 is 0 Å². The first-order chi connectivity index (χ1) is 9.79. The highest BCUT2D eigenvalue weighted by atomic mass is 32.2. The molecule has 2 aliphatic heterocycles. The van der Waals surface area contributed by atoms with E-state index in [0.29, 0.717) is 32.5 Å². The van der Waals surface area contributed by atoms with E-state index in [1.807, 2.05) is 0 Å². The third kappa shape index (κ3) is 3.94. The first-order valence-corrected chi connectivity index (χ1v) is 9.16. The summed E-state index contributed by atoms with van der Waals surface area (Å²) in [5, 5.41) is 2.94. The number of carbonyl (C=O) groups is 2. The fraction of sp³-hybridized carbons (Fsp3) is 0.846. The van der Waals surface area contributed by atoms with Crippen molar-refractivity contribution in [2.24, 2.45) is 0 Å². The van der Waals surface area contributed by atoms with Crippen LogP contribution < -0.4 is 5.32 Å². The molecule has 0 saturated carbocycles. The van der Waals surface area contributed by atoms with Gasteiger partial charge in [-0.1, -0.05) is 0 Å². The minimum atomic E-state index is -3.34. The first-order valence-electron chi connectivity index (χ1n) is 7.31. The molecule has 1 atom stereocenters. The Morgan fingerprint density at radius 2 is 1.71 bits per heavy atom. The summed E-state index contributed by atoms with van der Waals surface area (Å²) in [6, 6.07) is -0.555. The summed E-state index contributed by atoms with van der Waals surface area (Å²) in [5.41, 5.74) is 0. The summed E-state index contributed by atoms with van der Waals surface area (Å²) in [6.45, 7) is 3.24. The van der Waals surface area contributed by atoms with Gasteiger partial charge in [-0.05, 0) is 25.7 Å². The number of likely N-dealkylation sites (tertiary alicyclic amines) is 1. The van der Waals surface area contributed by atoms with Crippen molar-refractivity contribution < 1.29 is 18.0 Å². The highest BCUT2D eigenvalue weighted by Crippen LogP contribution is 2.21. The lowest BCUT2D eigenvalue weighted by Gasteiger charge is -2.32. The van der Waals surface area contributed by atoms with Crippen molar-refractivity contribution in [3.8, 4) is 0 Å². The standard InChI is InChI=1S/C13H23N3O4S/c1-10(17)15-8-5-11(6-9-15)14-13(18)12-4-3-7-16(12)21(2,19)20/h11-12H,3-9H2,1-2H3,(H,14,18)/t12-/m0/s1. The van der Waals surface area contributed by atoms with E-state index in [4.69, 9.17) is 0 Å². The number of carbonyl (C=O) groups excluding carboxylic acids is 2. The number of sulfonamides is 1. The number of amides is 2. The Morgan fingerprint density at radius 3 is 2.24 bits per heavy atom. The number of nitrogens with zero attached hydrogens (tertiary/aromatic N) is 2. The van der Waals surface area contributed by atoms with Crippen molar-refractivity contribution in [2.45, 2.75) is 44.7 Å². The lowest BCUT2D eigenvalue weighted by molar-refractivity contribution is -0.130. The van der Waals surface area contributed by atoms with Crippen LogP contribution in [0.25, 0.3) is 0 Å². The molecule has 0 aromatic heterocycles. The quantitative estimate of drug-likeness (QED) is 0.763. The van der Waals surface area contributed by atoms with Gasteiger partial charge in [0.05, 0.1) is 6.26 Å². The van der Waals surface area contributed by atoms with Gasteiger partial charge in [0.2, 0.25) is 21.8 Å². The summed E-state index contributed by atoms with van der Waals surface area (Å²) in [7, 11) is -3.34. The van der Waals surface area contributed by atoms with Crippen molar-refractivity contribution >= 4 is 21.8 Å². The molecule has 8 heteroatoms. The maximum Gasteiger partial charge on any atom is 0.238 e. The Balaban J connectivity index is 1.89. The van der Waals surface area contributed by atoms with E-state index < -0.39 is 16.1 Å². The number of hydrogen-bond donors (Lipinski definition) is 1. The largest absolute Gasteiger partial charge is 0.352 e. The lowest BCUT2D eigenvalue weighted by atomic mass is 10.0. The van der Waals surface area contributed by atoms with Gasteiger partial charge < -0.3 is 10.2 Å². The zero-order valence-electron chi connectivity index (χ0n) is 12.5. The lowest BCUT2D eigenvalue weighted by Crippen LogP contribution is -2.51. The molecule has 0 aromatic carbocycles. The SMILES string of the molecule is CC(=O)N1CCC(NC(=O)[C@@H]2CCCN2S(C)(=O)=O)CC1. The molecule has 120 valence electrons. The van der Waals surface area contributed by atoms with Crippen LogP contribution in [-0.4, -0.2) is 67.4 Å². The van der Waals surface area contributed by atoms with Crippen LogP contribution in [0.4, 0.5) is 0 Å². The highest BCUT2D eigenvalue weighted by molar-refractivity contribution is 7.88. The van der Waals surface area contributed by atoms with E-state index in [1.54, 1.807) is 11.8 Å². The summed E-state index contributed by atoms with van der Waals surface area (Å²) < 4.78 is 24.6. The Labute approximate surface area is 125 Å². The number of rotatable bonds is 3. The van der Waals surface area contributed by atoms with E-state index in [1.165, 1.54) is 4.31 Å². The molecule has 0 aliphatic carbocycles. The number of hydrogen-bond acceptors (Lipinski definition) is 4. The molecule has 2 heterocycles. The van der Waals surface area contributed by atoms with Crippen LogP contribution in [0.15, 0.2) is 0 Å². The number of nitrogens with one attached hydrogen (secondary N) is 1. The molecule has 0 spiro atoms. The predicted octanol–water partition coefficient (Wildman–Crippen LogP) is -0.462. The number of piperidine rings is 1. The van der Waals surface area contributed by atoms with Crippen LogP contribution in [-0.2, 0) is 19.6 Å². The van der Waals surface area contributed by atoms with Gasteiger partial charge in [0.25, 0.3) is 0 Å². The molecule has 0 radical (unpaired) electrons. The minimum Gasteiger partial charge on any atom is -0.352 e. The van der Waals surface area contributed by atoms with Crippen LogP contribution in [0.5, 0.6) is 0 Å². The topological polar surface area (TPSA) is 86.8 Å². The molecule has 7 nitrogen and oxygen atoms in total. The van der Waals surface area contributed by atoms with Crippen LogP contribution in [0.2, 0.25) is 0 Å². The maximum absolute atomic E-state index is 12.3. The highest BCUT2D eigenvalue weighted by Gasteiger charge is 2.37. The second kappa shape index (κ2) is 6.31. The van der Waals surface area contributed by atoms with E-state index in [9.17, 15) is 18.0 Å². The summed E-state index contributed by atoms with van der Waals surface area (Å²) in [4.78, 5) is 25.3. The summed E-state index contributed by atoms with van der Waals surface area (Å²) >= 11 is 0. The van der Waals surface area contributed by atoms with Crippen LogP contribution in [0, 0.1) is 0 Å². The Morgan fingerprint density at radius 1 is 1.10 bits per heavy atom. The van der Waals surface area contributed by atoms with E-state index in [0.717, 1.165) is 19.1 Å². The Kier molecular flexibility index (Phi) is 4.88. The molecule has 0 bridgehead atoms. The van der Waals surface area contributed by atoms with Crippen molar-refractivity contribution in [2.75, 3.05) is 25.9 Å². The van der Waals surface area contributed by atoms with E-state index in [-0.39, 0.29) is 17.9 Å². The predicted molar refractivity (Wildman–Crippen MR) is 78.0 cm³/mol. The average molecular weight is 317 g/mol. The van der Waals surface area contributed by atoms with Crippen LogP contribution in [0.3, 0.4) is 0 Å². The molecule has 0 unspecified atom stereocenters. The smallest absolute Gasteiger partial charge is 0.238 e. The second-order valence-corrected chi connectivity index (χ2v) is 7.76. The van der Waals surface area contributed by atoms with Gasteiger partial charge in [0.1, 0.15) is 6.04 Å². The Hall–Kier alpha value is -1.15. The summed E-state index contributed by atoms with van der Waals surface area (Å²) in [6.07, 6.45) is 3.87. The van der Waals surface area contributed by atoms with E-state index >= 15 is 0 Å². The Bertz CT molecular complexity index is 512. The van der Waals surface area contributed by atoms with Crippen LogP contribution >= 0.6 is 0 Å². The molecule has 2 rings (SSSR count). The molecule has 1 N–H and O–H groups in total. The van der Waals surface area contributed by atoms with Crippen molar-refractivity contribution in [1.29, 1.82) is 0 Å². The fourth-order valence-corrected chi connectivity index (χ4v) is 4.16. The minimum absolute atomic E-state index is 0.0233. The normalized spacial score (nSPS) is 25.0. The van der Waals surface area contributed by atoms with Crippen molar-refractivity contribution in [1.82, 2.24) is 14.5 Å². The molecule has 2 saturated heterocycles. The summed E-state index contributed by atoms with van der Waals surface area (Å²) in [5.74, 6) is -0.155. The zero-order chi connectivity index (χ0) is 15.6. The second-order valence-electron chi connectivity index (χ2n) is 5.82. The third-order valence-corrected chi connectivity index (χ3v) is 5.51. The zero-order valence-corrected chi connectivity index (χ0v) is 13.4. The van der Waals surface area contributed by atoms with Crippen molar-refractivity contribution in [3.05, 3.63) is 0 Å². The third-order valence-electron chi connectivity index (χ3n) is 4.22. The fourth-order valence-electron chi connectivity index (χ4n) is 3.04. The van der Waals surface area contributed by atoms with Gasteiger partial charge in [-0.3, -0.25) is 9.59 Å². The molecule has 0 aromatic rings. The average Bonchev–Trinajstić information content (AvgIpc) is 2.88. The van der Waals surface area contributed by atoms with Gasteiger partial charge in [-0.15, -0.1) is 0 Å². The molecular weight excluding hydrogens is 294 g/mol. The molecule has 2 aliphatic rings.